The lowest BCUT2D eigenvalue weighted by Gasteiger charge is -2.15. The molecule has 3 aromatic carbocycles. The zero-order valence-electron chi connectivity index (χ0n) is 18.5. The number of ether oxygens (including phenoxy) is 3. The molecule has 1 aliphatic rings. The van der Waals surface area contributed by atoms with Crippen LogP contribution in [0, 0.1) is 3.57 Å². The molecule has 0 aliphatic carbocycles. The Labute approximate surface area is 209 Å². The van der Waals surface area contributed by atoms with E-state index in [2.05, 4.69) is 50.8 Å². The van der Waals surface area contributed by atoms with Crippen LogP contribution in [0.1, 0.15) is 11.1 Å². The topological polar surface area (TPSA) is 94.2 Å². The Kier molecular flexibility index (Phi) is 7.01. The SMILES string of the molecule is COC(=O)CN1C(=O)N/C(=C/c2cc(I)c(OCc3cccc4ccccc34)c(OC)c2)C1=O. The molecule has 174 valence electrons. The van der Waals surface area contributed by atoms with Crippen LogP contribution < -0.4 is 14.8 Å². The first-order chi connectivity index (χ1) is 16.4. The molecule has 0 bridgehead atoms. The van der Waals surface area contributed by atoms with Gasteiger partial charge in [0.25, 0.3) is 5.91 Å². The van der Waals surface area contributed by atoms with Crippen molar-refractivity contribution < 1.29 is 28.6 Å². The van der Waals surface area contributed by atoms with Crippen LogP contribution in [-0.4, -0.2) is 43.6 Å². The highest BCUT2D eigenvalue weighted by atomic mass is 127. The van der Waals surface area contributed by atoms with Crippen molar-refractivity contribution in [2.45, 2.75) is 6.61 Å². The van der Waals surface area contributed by atoms with Crippen molar-refractivity contribution in [2.75, 3.05) is 20.8 Å². The molecular weight excluding hydrogens is 551 g/mol. The Morgan fingerprint density at radius 2 is 1.85 bits per heavy atom. The van der Waals surface area contributed by atoms with Crippen molar-refractivity contribution in [2.24, 2.45) is 0 Å². The molecule has 1 saturated heterocycles. The summed E-state index contributed by atoms with van der Waals surface area (Å²) in [6.45, 7) is -0.106. The Bertz CT molecular complexity index is 1310. The van der Waals surface area contributed by atoms with Gasteiger partial charge in [0.1, 0.15) is 18.8 Å². The van der Waals surface area contributed by atoms with Gasteiger partial charge in [-0.05, 0) is 62.7 Å². The number of methoxy groups -OCH3 is 2. The zero-order chi connectivity index (χ0) is 24.2. The number of halogens is 1. The van der Waals surface area contributed by atoms with Gasteiger partial charge in [0.2, 0.25) is 0 Å². The van der Waals surface area contributed by atoms with E-state index in [1.165, 1.54) is 20.3 Å². The summed E-state index contributed by atoms with van der Waals surface area (Å²) in [4.78, 5) is 36.9. The minimum absolute atomic E-state index is 0.0520. The van der Waals surface area contributed by atoms with E-state index in [0.29, 0.717) is 23.7 Å². The molecule has 9 heteroatoms. The summed E-state index contributed by atoms with van der Waals surface area (Å²) < 4.78 is 17.0. The first-order valence-electron chi connectivity index (χ1n) is 10.3. The van der Waals surface area contributed by atoms with Crippen LogP contribution >= 0.6 is 22.6 Å². The van der Waals surface area contributed by atoms with Gasteiger partial charge in [-0.1, -0.05) is 42.5 Å². The number of imide groups is 1. The monoisotopic (exact) mass is 572 g/mol. The normalized spacial score (nSPS) is 14.4. The molecule has 8 nitrogen and oxygen atoms in total. The largest absolute Gasteiger partial charge is 0.493 e. The quantitative estimate of drug-likeness (QED) is 0.199. The number of hydrogen-bond donors (Lipinski definition) is 1. The molecule has 1 fully saturated rings. The molecule has 0 spiro atoms. The second-order valence-corrected chi connectivity index (χ2v) is 8.58. The number of nitrogens with zero attached hydrogens (tertiary/aromatic N) is 1. The van der Waals surface area contributed by atoms with Gasteiger partial charge in [0, 0.05) is 0 Å². The average molecular weight is 572 g/mol. The summed E-state index contributed by atoms with van der Waals surface area (Å²) in [6.07, 6.45) is 1.52. The van der Waals surface area contributed by atoms with Crippen molar-refractivity contribution in [3.05, 3.63) is 75.0 Å². The smallest absolute Gasteiger partial charge is 0.329 e. The summed E-state index contributed by atoms with van der Waals surface area (Å²) in [5.41, 5.74) is 1.73. The average Bonchev–Trinajstić information content (AvgIpc) is 3.10. The van der Waals surface area contributed by atoms with Crippen molar-refractivity contribution in [1.29, 1.82) is 0 Å². The van der Waals surface area contributed by atoms with Gasteiger partial charge in [-0.15, -0.1) is 0 Å². The third kappa shape index (κ3) is 4.84. The van der Waals surface area contributed by atoms with Crippen LogP contribution in [0.25, 0.3) is 16.8 Å². The maximum absolute atomic E-state index is 12.6. The van der Waals surface area contributed by atoms with Crippen LogP contribution in [0.5, 0.6) is 11.5 Å². The predicted molar refractivity (Wildman–Crippen MR) is 134 cm³/mol. The van der Waals surface area contributed by atoms with Crippen LogP contribution in [0.2, 0.25) is 0 Å². The number of nitrogens with one attached hydrogen (secondary N) is 1. The van der Waals surface area contributed by atoms with Crippen molar-refractivity contribution in [3.8, 4) is 11.5 Å². The summed E-state index contributed by atoms with van der Waals surface area (Å²) in [5, 5.41) is 4.74. The van der Waals surface area contributed by atoms with E-state index in [-0.39, 0.29) is 5.70 Å². The molecule has 1 aliphatic heterocycles. The van der Waals surface area contributed by atoms with E-state index in [1.54, 1.807) is 6.07 Å². The maximum atomic E-state index is 12.6. The van der Waals surface area contributed by atoms with E-state index in [9.17, 15) is 14.4 Å². The first-order valence-corrected chi connectivity index (χ1v) is 11.4. The molecular formula is C25H21IN2O6. The standard InChI is InChI=1S/C25H21IN2O6/c1-32-21-12-15(11-20-24(30)28(25(31)27-20)13-22(29)33-2)10-19(26)23(21)34-14-17-8-5-7-16-6-3-4-9-18(16)17/h3-12H,13-14H2,1-2H3,(H,27,31)/b20-11+. The Morgan fingerprint density at radius 1 is 1.09 bits per heavy atom. The Morgan fingerprint density at radius 3 is 2.62 bits per heavy atom. The van der Waals surface area contributed by atoms with E-state index in [0.717, 1.165) is 24.8 Å². The van der Waals surface area contributed by atoms with Crippen LogP contribution in [0.3, 0.4) is 0 Å². The predicted octanol–water partition coefficient (Wildman–Crippen LogP) is 4.10. The summed E-state index contributed by atoms with van der Waals surface area (Å²) in [6, 6.07) is 17.0. The zero-order valence-corrected chi connectivity index (χ0v) is 20.6. The van der Waals surface area contributed by atoms with Gasteiger partial charge in [-0.3, -0.25) is 9.59 Å². The molecule has 4 rings (SSSR count). The van der Waals surface area contributed by atoms with Crippen molar-refractivity contribution in [3.63, 3.8) is 0 Å². The fourth-order valence-electron chi connectivity index (χ4n) is 3.61. The van der Waals surface area contributed by atoms with E-state index in [1.807, 2.05) is 30.3 Å². The fraction of sp³-hybridized carbons (Fsp3) is 0.160. The van der Waals surface area contributed by atoms with Gasteiger partial charge in [0.15, 0.2) is 11.5 Å². The number of fused-ring (bicyclic) bond motifs is 1. The second-order valence-electron chi connectivity index (χ2n) is 7.42. The van der Waals surface area contributed by atoms with Gasteiger partial charge in [-0.2, -0.15) is 0 Å². The van der Waals surface area contributed by atoms with Crippen molar-refractivity contribution in [1.82, 2.24) is 10.2 Å². The lowest BCUT2D eigenvalue weighted by molar-refractivity contribution is -0.143. The number of hydrogen-bond acceptors (Lipinski definition) is 6. The molecule has 3 amide bonds. The summed E-state index contributed by atoms with van der Waals surface area (Å²) >= 11 is 2.14. The highest BCUT2D eigenvalue weighted by molar-refractivity contribution is 14.1. The highest BCUT2D eigenvalue weighted by Crippen LogP contribution is 2.36. The molecule has 0 aromatic heterocycles. The lowest BCUT2D eigenvalue weighted by atomic mass is 10.1. The van der Waals surface area contributed by atoms with Gasteiger partial charge < -0.3 is 19.5 Å². The molecule has 1 N–H and O–H groups in total. The number of carbonyl (C=O) groups is 3. The molecule has 0 radical (unpaired) electrons. The van der Waals surface area contributed by atoms with Crippen LogP contribution in [0.15, 0.2) is 60.3 Å². The number of benzene rings is 3. The lowest BCUT2D eigenvalue weighted by Crippen LogP contribution is -2.36. The summed E-state index contributed by atoms with van der Waals surface area (Å²) in [5.74, 6) is -0.233. The van der Waals surface area contributed by atoms with E-state index < -0.39 is 24.5 Å². The second kappa shape index (κ2) is 10.1. The highest BCUT2D eigenvalue weighted by Gasteiger charge is 2.35. The van der Waals surface area contributed by atoms with Gasteiger partial charge in [0.05, 0.1) is 17.8 Å². The fourth-order valence-corrected chi connectivity index (χ4v) is 4.39. The van der Waals surface area contributed by atoms with E-state index >= 15 is 0 Å². The van der Waals surface area contributed by atoms with E-state index in [4.69, 9.17) is 9.47 Å². The van der Waals surface area contributed by atoms with Crippen molar-refractivity contribution >= 4 is 57.3 Å². The van der Waals surface area contributed by atoms with Gasteiger partial charge >= 0.3 is 12.0 Å². The minimum atomic E-state index is -0.686. The Hall–Kier alpha value is -3.60. The number of carbonyl (C=O) groups excluding carboxylic acids is 3. The minimum Gasteiger partial charge on any atom is -0.493 e. The van der Waals surface area contributed by atoms with Crippen LogP contribution in [0.4, 0.5) is 4.79 Å². The molecule has 0 atom stereocenters. The molecule has 0 saturated carbocycles. The Balaban J connectivity index is 1.57. The maximum Gasteiger partial charge on any atom is 0.329 e. The number of rotatable bonds is 7. The number of amides is 3. The molecule has 3 aromatic rings. The van der Waals surface area contributed by atoms with Crippen LogP contribution in [-0.2, 0) is 20.9 Å². The number of urea groups is 1. The molecule has 34 heavy (non-hydrogen) atoms. The molecule has 1 heterocycles. The third-order valence-corrected chi connectivity index (χ3v) is 6.09. The first kappa shape index (κ1) is 23.6. The summed E-state index contributed by atoms with van der Waals surface area (Å²) in [7, 11) is 2.73. The molecule has 0 unspecified atom stereocenters. The van der Waals surface area contributed by atoms with Gasteiger partial charge in [-0.25, -0.2) is 9.69 Å². The number of esters is 1. The third-order valence-electron chi connectivity index (χ3n) is 5.29.